The fourth-order valence-corrected chi connectivity index (χ4v) is 2.57. The first-order valence-corrected chi connectivity index (χ1v) is 7.43. The molecule has 20 heavy (non-hydrogen) atoms. The molecule has 0 fully saturated rings. The molecule has 0 aliphatic carbocycles. The van der Waals surface area contributed by atoms with Gasteiger partial charge in [-0.25, -0.2) is 0 Å². The average Bonchev–Trinajstić information content (AvgIpc) is 2.45. The fraction of sp³-hybridized carbons (Fsp3) is 0.333. The molecule has 0 amide bonds. The predicted octanol–water partition coefficient (Wildman–Crippen LogP) is 4.78. The van der Waals surface area contributed by atoms with Gasteiger partial charge in [0.05, 0.1) is 6.61 Å². The highest BCUT2D eigenvalue weighted by Crippen LogP contribution is 2.24. The highest BCUT2D eigenvalue weighted by Gasteiger charge is 2.12. The average molecular weight is 289 g/mol. The first-order chi connectivity index (χ1) is 9.60. The summed E-state index contributed by atoms with van der Waals surface area (Å²) < 4.78 is 0. The molecular weight excluding hydrogens is 268 g/mol. The Balaban J connectivity index is 2.14. The van der Waals surface area contributed by atoms with Gasteiger partial charge < -0.3 is 5.11 Å². The van der Waals surface area contributed by atoms with Crippen LogP contribution in [-0.2, 0) is 6.42 Å². The Morgan fingerprint density at radius 1 is 1.00 bits per heavy atom. The number of aliphatic hydroxyl groups excluding tert-OH is 1. The van der Waals surface area contributed by atoms with Crippen molar-refractivity contribution in [3.05, 3.63) is 70.2 Å². The molecule has 1 N–H and O–H groups in total. The van der Waals surface area contributed by atoms with Crippen molar-refractivity contribution < 1.29 is 5.11 Å². The van der Waals surface area contributed by atoms with E-state index in [9.17, 15) is 5.11 Å². The van der Waals surface area contributed by atoms with Gasteiger partial charge >= 0.3 is 0 Å². The van der Waals surface area contributed by atoms with Gasteiger partial charge in [0.2, 0.25) is 0 Å². The van der Waals surface area contributed by atoms with Gasteiger partial charge in [-0.3, -0.25) is 0 Å². The molecule has 0 spiro atoms. The highest BCUT2D eigenvalue weighted by molar-refractivity contribution is 6.30. The van der Waals surface area contributed by atoms with Crippen LogP contribution in [0.2, 0.25) is 5.02 Å². The lowest BCUT2D eigenvalue weighted by atomic mass is 9.91. The van der Waals surface area contributed by atoms with E-state index in [1.165, 1.54) is 11.1 Å². The van der Waals surface area contributed by atoms with E-state index >= 15 is 0 Å². The summed E-state index contributed by atoms with van der Waals surface area (Å²) in [5.41, 5.74) is 3.68. The van der Waals surface area contributed by atoms with E-state index in [0.717, 1.165) is 17.0 Å². The van der Waals surface area contributed by atoms with Crippen LogP contribution in [-0.4, -0.2) is 11.7 Å². The zero-order valence-corrected chi connectivity index (χ0v) is 12.8. The molecule has 1 nitrogen and oxygen atoms in total. The van der Waals surface area contributed by atoms with Gasteiger partial charge in [-0.05, 0) is 41.2 Å². The minimum absolute atomic E-state index is 0.0959. The van der Waals surface area contributed by atoms with Crippen LogP contribution in [0.5, 0.6) is 0 Å². The Labute approximate surface area is 126 Å². The summed E-state index contributed by atoms with van der Waals surface area (Å²) >= 11 is 6.02. The lowest BCUT2D eigenvalue weighted by Crippen LogP contribution is -2.08. The van der Waals surface area contributed by atoms with Crippen molar-refractivity contribution in [1.82, 2.24) is 0 Å². The largest absolute Gasteiger partial charge is 0.396 e. The van der Waals surface area contributed by atoms with E-state index < -0.39 is 0 Å². The minimum Gasteiger partial charge on any atom is -0.396 e. The Bertz CT molecular complexity index is 546. The molecular formula is C18H21ClO. The van der Waals surface area contributed by atoms with Gasteiger partial charge in [0.15, 0.2) is 0 Å². The standard InChI is InChI=1S/C18H21ClO/c1-13(2)15-8-6-14(7-9-15)10-17(12-20)16-4-3-5-18(19)11-16/h3-9,11,13,17,20H,10,12H2,1-2H3. The van der Waals surface area contributed by atoms with Crippen LogP contribution in [0.25, 0.3) is 0 Å². The van der Waals surface area contributed by atoms with Gasteiger partial charge in [-0.2, -0.15) is 0 Å². The van der Waals surface area contributed by atoms with E-state index in [1.54, 1.807) is 0 Å². The summed E-state index contributed by atoms with van der Waals surface area (Å²) in [5.74, 6) is 0.643. The number of halogens is 1. The van der Waals surface area contributed by atoms with Crippen LogP contribution in [0.4, 0.5) is 0 Å². The number of rotatable bonds is 5. The molecule has 2 aromatic carbocycles. The smallest absolute Gasteiger partial charge is 0.0502 e. The van der Waals surface area contributed by atoms with Gasteiger partial charge in [0, 0.05) is 10.9 Å². The van der Waals surface area contributed by atoms with Crippen LogP contribution in [0.3, 0.4) is 0 Å². The van der Waals surface area contributed by atoms with Crippen molar-refractivity contribution in [2.24, 2.45) is 0 Å². The zero-order chi connectivity index (χ0) is 14.5. The molecule has 106 valence electrons. The van der Waals surface area contributed by atoms with Gasteiger partial charge in [0.25, 0.3) is 0 Å². The Hall–Kier alpha value is -1.31. The molecule has 2 heteroatoms. The second kappa shape index (κ2) is 6.92. The maximum absolute atomic E-state index is 9.63. The molecule has 0 heterocycles. The number of hydrogen-bond acceptors (Lipinski definition) is 1. The van der Waals surface area contributed by atoms with E-state index in [2.05, 4.69) is 38.1 Å². The number of hydrogen-bond donors (Lipinski definition) is 1. The lowest BCUT2D eigenvalue weighted by molar-refractivity contribution is 0.264. The van der Waals surface area contributed by atoms with Crippen LogP contribution in [0.15, 0.2) is 48.5 Å². The van der Waals surface area contributed by atoms with Crippen LogP contribution < -0.4 is 0 Å². The lowest BCUT2D eigenvalue weighted by Gasteiger charge is -2.15. The normalized spacial score (nSPS) is 12.7. The summed E-state index contributed by atoms with van der Waals surface area (Å²) in [4.78, 5) is 0. The number of benzene rings is 2. The van der Waals surface area contributed by atoms with Crippen molar-refractivity contribution in [3.8, 4) is 0 Å². The third kappa shape index (κ3) is 3.84. The van der Waals surface area contributed by atoms with E-state index in [1.807, 2.05) is 24.3 Å². The summed E-state index contributed by atoms with van der Waals surface area (Å²) in [6.07, 6.45) is 0.829. The monoisotopic (exact) mass is 288 g/mol. The molecule has 0 aliphatic rings. The van der Waals surface area contributed by atoms with Crippen molar-refractivity contribution in [2.45, 2.75) is 32.1 Å². The summed E-state index contributed by atoms with van der Waals surface area (Å²) in [6.45, 7) is 4.52. The van der Waals surface area contributed by atoms with Gasteiger partial charge in [-0.1, -0.05) is 61.8 Å². The predicted molar refractivity (Wildman–Crippen MR) is 85.5 cm³/mol. The summed E-state index contributed by atoms with van der Waals surface area (Å²) in [7, 11) is 0. The summed E-state index contributed by atoms with van der Waals surface area (Å²) in [6, 6.07) is 16.4. The first-order valence-electron chi connectivity index (χ1n) is 7.05. The first kappa shape index (κ1) is 15.1. The Morgan fingerprint density at radius 3 is 2.25 bits per heavy atom. The molecule has 0 radical (unpaired) electrons. The van der Waals surface area contributed by atoms with Crippen LogP contribution in [0.1, 0.15) is 42.4 Å². The third-order valence-electron chi connectivity index (χ3n) is 3.67. The van der Waals surface area contributed by atoms with E-state index in [4.69, 9.17) is 11.6 Å². The molecule has 2 rings (SSSR count). The van der Waals surface area contributed by atoms with Crippen molar-refractivity contribution in [2.75, 3.05) is 6.61 Å². The van der Waals surface area contributed by atoms with Crippen molar-refractivity contribution >= 4 is 11.6 Å². The quantitative estimate of drug-likeness (QED) is 0.839. The second-order valence-electron chi connectivity index (χ2n) is 5.53. The van der Waals surface area contributed by atoms with Gasteiger partial charge in [-0.15, -0.1) is 0 Å². The molecule has 0 aromatic heterocycles. The van der Waals surface area contributed by atoms with E-state index in [0.29, 0.717) is 5.92 Å². The molecule has 0 bridgehead atoms. The zero-order valence-electron chi connectivity index (χ0n) is 12.0. The molecule has 0 saturated carbocycles. The maximum Gasteiger partial charge on any atom is 0.0502 e. The minimum atomic E-state index is 0.0959. The molecule has 2 aromatic rings. The molecule has 1 atom stereocenters. The van der Waals surface area contributed by atoms with E-state index in [-0.39, 0.29) is 12.5 Å². The molecule has 0 saturated heterocycles. The summed E-state index contributed by atoms with van der Waals surface area (Å²) in [5, 5.41) is 10.4. The van der Waals surface area contributed by atoms with Crippen LogP contribution >= 0.6 is 11.6 Å². The van der Waals surface area contributed by atoms with Gasteiger partial charge in [0.1, 0.15) is 0 Å². The fourth-order valence-electron chi connectivity index (χ4n) is 2.37. The molecule has 0 aliphatic heterocycles. The number of aliphatic hydroxyl groups is 1. The maximum atomic E-state index is 9.63. The van der Waals surface area contributed by atoms with Crippen LogP contribution in [0, 0.1) is 0 Å². The Kier molecular flexibility index (Phi) is 5.22. The highest BCUT2D eigenvalue weighted by atomic mass is 35.5. The Morgan fingerprint density at radius 2 is 1.70 bits per heavy atom. The molecule has 1 unspecified atom stereocenters. The SMILES string of the molecule is CC(C)c1ccc(CC(CO)c2cccc(Cl)c2)cc1. The third-order valence-corrected chi connectivity index (χ3v) is 3.90. The topological polar surface area (TPSA) is 20.2 Å². The van der Waals surface area contributed by atoms with Crippen molar-refractivity contribution in [3.63, 3.8) is 0 Å². The van der Waals surface area contributed by atoms with Crippen molar-refractivity contribution in [1.29, 1.82) is 0 Å². The second-order valence-corrected chi connectivity index (χ2v) is 5.97.